The Morgan fingerprint density at radius 3 is 2.64 bits per heavy atom. The number of nitrogens with one attached hydrogen (secondary N) is 2. The Bertz CT molecular complexity index is 778. The molecule has 0 fully saturated rings. The van der Waals surface area contributed by atoms with Crippen LogP contribution in [0.4, 0.5) is 5.69 Å². The molecule has 25 heavy (non-hydrogen) atoms. The molecule has 0 aromatic heterocycles. The van der Waals surface area contributed by atoms with Gasteiger partial charge in [-0.1, -0.05) is 29.8 Å². The van der Waals surface area contributed by atoms with E-state index in [2.05, 4.69) is 15.8 Å². The Hall–Kier alpha value is -2.86. The van der Waals surface area contributed by atoms with Crippen LogP contribution in [0.5, 0.6) is 5.75 Å². The molecule has 0 aliphatic rings. The highest BCUT2D eigenvalue weighted by atomic mass is 35.5. The number of rotatable bonds is 7. The standard InChI is InChI=1S/C18H18ClN3O3/c1-25-16-8-3-2-5-13(16)12-20-22-18(24)10-9-17(23)21-15-7-4-6-14(19)11-15/h2-8,11-12H,9-10H2,1H3,(H,21,23)(H,22,24)/b20-12+. The number of para-hydroxylation sites is 1. The van der Waals surface area contributed by atoms with Gasteiger partial charge in [-0.15, -0.1) is 0 Å². The molecule has 0 bridgehead atoms. The van der Waals surface area contributed by atoms with Gasteiger partial charge in [0.1, 0.15) is 5.75 Å². The summed E-state index contributed by atoms with van der Waals surface area (Å²) in [7, 11) is 1.56. The van der Waals surface area contributed by atoms with Gasteiger partial charge in [-0.3, -0.25) is 9.59 Å². The van der Waals surface area contributed by atoms with E-state index in [4.69, 9.17) is 16.3 Å². The number of hydrogen-bond donors (Lipinski definition) is 2. The second kappa shape index (κ2) is 9.44. The van der Waals surface area contributed by atoms with Crippen LogP contribution in [0, 0.1) is 0 Å². The highest BCUT2D eigenvalue weighted by molar-refractivity contribution is 6.30. The van der Waals surface area contributed by atoms with Crippen molar-refractivity contribution in [3.05, 3.63) is 59.1 Å². The molecule has 0 saturated carbocycles. The van der Waals surface area contributed by atoms with Crippen molar-refractivity contribution in [1.29, 1.82) is 0 Å². The van der Waals surface area contributed by atoms with Gasteiger partial charge in [0, 0.05) is 29.1 Å². The zero-order valence-electron chi connectivity index (χ0n) is 13.7. The van der Waals surface area contributed by atoms with Crippen molar-refractivity contribution in [1.82, 2.24) is 5.43 Å². The monoisotopic (exact) mass is 359 g/mol. The second-order valence-electron chi connectivity index (χ2n) is 5.09. The smallest absolute Gasteiger partial charge is 0.240 e. The molecule has 0 spiro atoms. The highest BCUT2D eigenvalue weighted by Gasteiger charge is 2.07. The third kappa shape index (κ3) is 6.27. The maximum Gasteiger partial charge on any atom is 0.240 e. The van der Waals surface area contributed by atoms with Crippen LogP contribution < -0.4 is 15.5 Å². The van der Waals surface area contributed by atoms with Gasteiger partial charge < -0.3 is 10.1 Å². The maximum absolute atomic E-state index is 11.8. The first kappa shape index (κ1) is 18.5. The lowest BCUT2D eigenvalue weighted by Gasteiger charge is -2.05. The summed E-state index contributed by atoms with van der Waals surface area (Å²) in [5.74, 6) is 0.0277. The van der Waals surface area contributed by atoms with Crippen LogP contribution >= 0.6 is 11.6 Å². The van der Waals surface area contributed by atoms with Crippen molar-refractivity contribution < 1.29 is 14.3 Å². The van der Waals surface area contributed by atoms with E-state index in [1.165, 1.54) is 6.21 Å². The molecular formula is C18H18ClN3O3. The Labute approximate surface area is 150 Å². The molecule has 2 rings (SSSR count). The molecule has 0 atom stereocenters. The van der Waals surface area contributed by atoms with Gasteiger partial charge in [0.15, 0.2) is 0 Å². The summed E-state index contributed by atoms with van der Waals surface area (Å²) in [4.78, 5) is 23.6. The van der Waals surface area contributed by atoms with Gasteiger partial charge >= 0.3 is 0 Å². The predicted octanol–water partition coefficient (Wildman–Crippen LogP) is 3.22. The van der Waals surface area contributed by atoms with Crippen molar-refractivity contribution in [3.63, 3.8) is 0 Å². The third-order valence-electron chi connectivity index (χ3n) is 3.22. The zero-order valence-corrected chi connectivity index (χ0v) is 14.4. The molecule has 2 aromatic rings. The van der Waals surface area contributed by atoms with Crippen molar-refractivity contribution in [2.75, 3.05) is 12.4 Å². The van der Waals surface area contributed by atoms with Crippen LogP contribution in [-0.4, -0.2) is 25.1 Å². The molecule has 6 nitrogen and oxygen atoms in total. The number of benzene rings is 2. The van der Waals surface area contributed by atoms with E-state index in [9.17, 15) is 9.59 Å². The minimum atomic E-state index is -0.354. The lowest BCUT2D eigenvalue weighted by molar-refractivity contribution is -0.124. The Kier molecular flexibility index (Phi) is 6.98. The van der Waals surface area contributed by atoms with Crippen LogP contribution in [0.15, 0.2) is 53.6 Å². The number of carbonyl (C=O) groups excluding carboxylic acids is 2. The van der Waals surface area contributed by atoms with Crippen LogP contribution in [0.1, 0.15) is 18.4 Å². The van der Waals surface area contributed by atoms with Crippen molar-refractivity contribution in [3.8, 4) is 5.75 Å². The van der Waals surface area contributed by atoms with Crippen molar-refractivity contribution in [2.45, 2.75) is 12.8 Å². The molecule has 7 heteroatoms. The van der Waals surface area contributed by atoms with E-state index in [-0.39, 0.29) is 24.7 Å². The van der Waals surface area contributed by atoms with E-state index in [0.29, 0.717) is 16.5 Å². The molecular weight excluding hydrogens is 342 g/mol. The summed E-state index contributed by atoms with van der Waals surface area (Å²) >= 11 is 5.84. The fraction of sp³-hybridized carbons (Fsp3) is 0.167. The summed E-state index contributed by atoms with van der Waals surface area (Å²) in [6.07, 6.45) is 1.56. The lowest BCUT2D eigenvalue weighted by atomic mass is 10.2. The maximum atomic E-state index is 11.8. The first-order chi connectivity index (χ1) is 12.1. The van der Waals surface area contributed by atoms with Crippen LogP contribution in [0.3, 0.4) is 0 Å². The second-order valence-corrected chi connectivity index (χ2v) is 5.53. The number of halogens is 1. The number of anilines is 1. The fourth-order valence-electron chi connectivity index (χ4n) is 2.02. The van der Waals surface area contributed by atoms with Gasteiger partial charge in [0.25, 0.3) is 0 Å². The van der Waals surface area contributed by atoms with Crippen LogP contribution in [-0.2, 0) is 9.59 Å². The van der Waals surface area contributed by atoms with Crippen LogP contribution in [0.2, 0.25) is 5.02 Å². The van der Waals surface area contributed by atoms with E-state index >= 15 is 0 Å². The van der Waals surface area contributed by atoms with Gasteiger partial charge in [0.05, 0.1) is 13.3 Å². The SMILES string of the molecule is COc1ccccc1/C=N/NC(=O)CCC(=O)Nc1cccc(Cl)c1. The molecule has 0 aliphatic heterocycles. The summed E-state index contributed by atoms with van der Waals surface area (Å²) in [6.45, 7) is 0. The zero-order chi connectivity index (χ0) is 18.1. The lowest BCUT2D eigenvalue weighted by Crippen LogP contribution is -2.20. The van der Waals surface area contributed by atoms with Crippen molar-refractivity contribution >= 4 is 35.3 Å². The molecule has 2 aromatic carbocycles. The first-order valence-corrected chi connectivity index (χ1v) is 7.96. The quantitative estimate of drug-likeness (QED) is 0.588. The van der Waals surface area contributed by atoms with E-state index in [0.717, 1.165) is 5.56 Å². The predicted molar refractivity (Wildman–Crippen MR) is 98.0 cm³/mol. The van der Waals surface area contributed by atoms with Gasteiger partial charge in [0.2, 0.25) is 11.8 Å². The topological polar surface area (TPSA) is 79.8 Å². The molecule has 0 radical (unpaired) electrons. The highest BCUT2D eigenvalue weighted by Crippen LogP contribution is 2.15. The molecule has 0 unspecified atom stereocenters. The minimum Gasteiger partial charge on any atom is -0.496 e. The molecule has 2 N–H and O–H groups in total. The third-order valence-corrected chi connectivity index (χ3v) is 3.45. The van der Waals surface area contributed by atoms with Gasteiger partial charge in [-0.25, -0.2) is 5.43 Å². The van der Waals surface area contributed by atoms with Gasteiger partial charge in [-0.05, 0) is 30.3 Å². The van der Waals surface area contributed by atoms with E-state index < -0.39 is 0 Å². The Balaban J connectivity index is 1.76. The number of ether oxygens (including phenoxy) is 1. The summed E-state index contributed by atoms with van der Waals surface area (Å²) < 4.78 is 5.18. The number of methoxy groups -OCH3 is 1. The minimum absolute atomic E-state index is 0.0235. The molecule has 0 heterocycles. The number of hydrogen-bond acceptors (Lipinski definition) is 4. The van der Waals surface area contributed by atoms with E-state index in [1.54, 1.807) is 37.4 Å². The fourth-order valence-corrected chi connectivity index (χ4v) is 2.21. The Morgan fingerprint density at radius 2 is 1.88 bits per heavy atom. The Morgan fingerprint density at radius 1 is 1.12 bits per heavy atom. The normalized spacial score (nSPS) is 10.5. The number of carbonyl (C=O) groups is 2. The summed E-state index contributed by atoms with van der Waals surface area (Å²) in [5, 5.41) is 7.08. The average Bonchev–Trinajstić information content (AvgIpc) is 2.60. The number of amides is 2. The average molecular weight is 360 g/mol. The number of nitrogens with zero attached hydrogens (tertiary/aromatic N) is 1. The molecule has 0 saturated heterocycles. The molecule has 2 amide bonds. The molecule has 0 aliphatic carbocycles. The van der Waals surface area contributed by atoms with Crippen molar-refractivity contribution in [2.24, 2.45) is 5.10 Å². The summed E-state index contributed by atoms with van der Waals surface area (Å²) in [6, 6.07) is 14.1. The largest absolute Gasteiger partial charge is 0.496 e. The first-order valence-electron chi connectivity index (χ1n) is 7.59. The van der Waals surface area contributed by atoms with E-state index in [1.807, 2.05) is 18.2 Å². The number of hydrazone groups is 1. The summed E-state index contributed by atoms with van der Waals surface area (Å²) in [5.41, 5.74) is 3.71. The molecule has 130 valence electrons. The van der Waals surface area contributed by atoms with Gasteiger partial charge in [-0.2, -0.15) is 5.10 Å². The van der Waals surface area contributed by atoms with Crippen LogP contribution in [0.25, 0.3) is 0 Å².